The molecule has 198 valence electrons. The Morgan fingerprint density at radius 3 is 2.26 bits per heavy atom. The highest BCUT2D eigenvalue weighted by atomic mass is 19.4. The number of amides is 1. The van der Waals surface area contributed by atoms with Crippen LogP contribution in [0.1, 0.15) is 28.3 Å². The Labute approximate surface area is 216 Å². The number of benzene rings is 3. The minimum Gasteiger partial charge on any atom is -0.507 e. The Morgan fingerprint density at radius 2 is 1.61 bits per heavy atom. The Bertz CT molecular complexity index is 1450. The lowest BCUT2D eigenvalue weighted by Gasteiger charge is -2.26. The third-order valence-electron chi connectivity index (χ3n) is 6.06. The lowest BCUT2D eigenvalue weighted by Crippen LogP contribution is -2.29. The number of anilines is 1. The second-order valence-electron chi connectivity index (χ2n) is 8.65. The first kappa shape index (κ1) is 26.6. The maximum Gasteiger partial charge on any atom is 0.573 e. The summed E-state index contributed by atoms with van der Waals surface area (Å²) in [6.45, 7) is 3.57. The first-order valence-corrected chi connectivity index (χ1v) is 11.4. The summed E-state index contributed by atoms with van der Waals surface area (Å²) < 4.78 is 53.4. The third-order valence-corrected chi connectivity index (χ3v) is 6.06. The van der Waals surface area contributed by atoms with E-state index in [-0.39, 0.29) is 16.8 Å². The van der Waals surface area contributed by atoms with Crippen molar-refractivity contribution in [2.45, 2.75) is 26.3 Å². The molecule has 7 nitrogen and oxygen atoms in total. The quantitative estimate of drug-likeness (QED) is 0.246. The highest BCUT2D eigenvalue weighted by Crippen LogP contribution is 2.45. The average Bonchev–Trinajstić information content (AvgIpc) is 3.12. The highest BCUT2D eigenvalue weighted by molar-refractivity contribution is 6.51. The largest absolute Gasteiger partial charge is 0.573 e. The van der Waals surface area contributed by atoms with Gasteiger partial charge in [-0.2, -0.15) is 0 Å². The summed E-state index contributed by atoms with van der Waals surface area (Å²) in [5.74, 6) is -2.39. The van der Waals surface area contributed by atoms with Gasteiger partial charge in [0.2, 0.25) is 0 Å². The van der Waals surface area contributed by atoms with Crippen LogP contribution in [-0.2, 0) is 9.59 Å². The van der Waals surface area contributed by atoms with Crippen LogP contribution >= 0.6 is 0 Å². The summed E-state index contributed by atoms with van der Waals surface area (Å²) in [5, 5.41) is 11.5. The van der Waals surface area contributed by atoms with E-state index < -0.39 is 35.6 Å². The molecule has 1 saturated heterocycles. The number of alkyl halides is 3. The van der Waals surface area contributed by atoms with Gasteiger partial charge in [0.1, 0.15) is 23.0 Å². The number of halogens is 3. The molecule has 1 amide bonds. The van der Waals surface area contributed by atoms with Crippen molar-refractivity contribution >= 4 is 23.1 Å². The normalized spacial score (nSPS) is 17.0. The van der Waals surface area contributed by atoms with Crippen molar-refractivity contribution in [3.63, 3.8) is 0 Å². The molecule has 1 aliphatic rings. The number of ether oxygens (including phenoxy) is 3. The van der Waals surface area contributed by atoms with Crippen molar-refractivity contribution in [3.05, 3.63) is 88.5 Å². The van der Waals surface area contributed by atoms with Crippen LogP contribution in [0.4, 0.5) is 18.9 Å². The molecule has 1 N–H and O–H groups in total. The van der Waals surface area contributed by atoms with E-state index in [1.54, 1.807) is 44.2 Å². The van der Waals surface area contributed by atoms with Crippen LogP contribution in [0.25, 0.3) is 5.76 Å². The van der Waals surface area contributed by atoms with Crippen LogP contribution in [0.2, 0.25) is 0 Å². The van der Waals surface area contributed by atoms with Gasteiger partial charge < -0.3 is 19.3 Å². The van der Waals surface area contributed by atoms with Crippen LogP contribution in [-0.4, -0.2) is 37.4 Å². The summed E-state index contributed by atoms with van der Waals surface area (Å²) in [5.41, 5.74) is 1.76. The Balaban J connectivity index is 1.98. The number of hydrogen-bond donors (Lipinski definition) is 1. The number of methoxy groups -OCH3 is 2. The van der Waals surface area contributed by atoms with Crippen LogP contribution in [0.5, 0.6) is 17.2 Å². The zero-order valence-corrected chi connectivity index (χ0v) is 20.9. The highest BCUT2D eigenvalue weighted by Gasteiger charge is 2.47. The van der Waals surface area contributed by atoms with Crippen LogP contribution < -0.4 is 19.1 Å². The summed E-state index contributed by atoms with van der Waals surface area (Å²) in [6.07, 6.45) is -4.96. The molecule has 38 heavy (non-hydrogen) atoms. The fourth-order valence-corrected chi connectivity index (χ4v) is 4.60. The standard InChI is InChI=1S/C28H24F3NO6/c1-15-11-16(2)26(37-4)21(12-15)24(33)22-23(17-7-5-9-19(13-17)36-3)32(27(35)25(22)34)18-8-6-10-20(14-18)38-28(29,30)31/h5-14,23,33H,1-4H3/b24-22+. The topological polar surface area (TPSA) is 85.3 Å². The minimum absolute atomic E-state index is 0.0342. The van der Waals surface area contributed by atoms with E-state index >= 15 is 0 Å². The van der Waals surface area contributed by atoms with Gasteiger partial charge in [0.05, 0.1) is 31.4 Å². The van der Waals surface area contributed by atoms with E-state index in [4.69, 9.17) is 9.47 Å². The van der Waals surface area contributed by atoms with Crippen LogP contribution in [0, 0.1) is 13.8 Å². The first-order valence-electron chi connectivity index (χ1n) is 11.4. The number of Topliss-reactive ketones (excluding diaryl/α,β-unsaturated/α-hetero) is 1. The summed E-state index contributed by atoms with van der Waals surface area (Å²) in [4.78, 5) is 27.8. The molecule has 1 unspecified atom stereocenters. The molecular formula is C28H24F3NO6. The molecule has 3 aromatic carbocycles. The van der Waals surface area contributed by atoms with E-state index in [1.165, 1.54) is 26.4 Å². The maximum absolute atomic E-state index is 13.4. The molecule has 1 heterocycles. The molecule has 1 aliphatic heterocycles. The number of rotatable bonds is 6. The Hall–Kier alpha value is -4.47. The van der Waals surface area contributed by atoms with E-state index in [2.05, 4.69) is 4.74 Å². The maximum atomic E-state index is 13.4. The average molecular weight is 527 g/mol. The van der Waals surface area contributed by atoms with Crippen molar-refractivity contribution in [2.75, 3.05) is 19.1 Å². The molecule has 10 heteroatoms. The van der Waals surface area contributed by atoms with Crippen LogP contribution in [0.3, 0.4) is 0 Å². The third kappa shape index (κ3) is 5.02. The lowest BCUT2D eigenvalue weighted by atomic mass is 9.93. The zero-order chi connectivity index (χ0) is 27.8. The fraction of sp³-hybridized carbons (Fsp3) is 0.214. The molecule has 1 atom stereocenters. The number of carbonyl (C=O) groups excluding carboxylic acids is 2. The summed E-state index contributed by atoms with van der Waals surface area (Å²) >= 11 is 0. The number of carbonyl (C=O) groups is 2. The predicted molar refractivity (Wildman–Crippen MR) is 133 cm³/mol. The number of aryl methyl sites for hydroxylation is 2. The summed E-state index contributed by atoms with van der Waals surface area (Å²) in [7, 11) is 2.85. The van der Waals surface area contributed by atoms with Gasteiger partial charge >= 0.3 is 6.36 Å². The van der Waals surface area contributed by atoms with Gasteiger partial charge in [-0.15, -0.1) is 13.2 Å². The Kier molecular flexibility index (Phi) is 7.08. The van der Waals surface area contributed by atoms with Gasteiger partial charge in [-0.05, 0) is 60.9 Å². The van der Waals surface area contributed by atoms with Crippen molar-refractivity contribution in [3.8, 4) is 17.2 Å². The number of aliphatic hydroxyl groups is 1. The van der Waals surface area contributed by atoms with Crippen molar-refractivity contribution in [1.29, 1.82) is 0 Å². The summed E-state index contributed by atoms with van der Waals surface area (Å²) in [6, 6.07) is 13.5. The zero-order valence-electron chi connectivity index (χ0n) is 20.9. The number of nitrogens with zero attached hydrogens (tertiary/aromatic N) is 1. The molecule has 1 fully saturated rings. The first-order chi connectivity index (χ1) is 17.9. The molecule has 0 aromatic heterocycles. The van der Waals surface area contributed by atoms with Crippen molar-refractivity contribution in [2.24, 2.45) is 0 Å². The van der Waals surface area contributed by atoms with Gasteiger partial charge in [0.15, 0.2) is 0 Å². The minimum atomic E-state index is -4.96. The van der Waals surface area contributed by atoms with E-state index in [1.807, 2.05) is 6.07 Å². The van der Waals surface area contributed by atoms with Gasteiger partial charge in [-0.25, -0.2) is 0 Å². The Morgan fingerprint density at radius 1 is 0.921 bits per heavy atom. The molecular weight excluding hydrogens is 503 g/mol. The molecule has 0 spiro atoms. The van der Waals surface area contributed by atoms with Gasteiger partial charge in [-0.1, -0.05) is 24.3 Å². The van der Waals surface area contributed by atoms with Gasteiger partial charge in [0.25, 0.3) is 11.7 Å². The van der Waals surface area contributed by atoms with Gasteiger partial charge in [-0.3, -0.25) is 14.5 Å². The second-order valence-corrected chi connectivity index (χ2v) is 8.65. The monoisotopic (exact) mass is 527 g/mol. The molecule has 0 aliphatic carbocycles. The molecule has 0 radical (unpaired) electrons. The molecule has 3 aromatic rings. The van der Waals surface area contributed by atoms with E-state index in [0.29, 0.717) is 22.6 Å². The molecule has 0 saturated carbocycles. The number of aliphatic hydroxyl groups excluding tert-OH is 1. The second kappa shape index (κ2) is 10.1. The van der Waals surface area contributed by atoms with Gasteiger partial charge in [0, 0.05) is 11.8 Å². The predicted octanol–water partition coefficient (Wildman–Crippen LogP) is 5.85. The smallest absolute Gasteiger partial charge is 0.507 e. The molecule has 4 rings (SSSR count). The van der Waals surface area contributed by atoms with E-state index in [9.17, 15) is 27.9 Å². The SMILES string of the molecule is COc1cccc(C2/C(=C(\O)c3cc(C)cc(C)c3OC)C(=O)C(=O)N2c2cccc(OC(F)(F)F)c2)c1. The van der Waals surface area contributed by atoms with Crippen molar-refractivity contribution < 1.29 is 42.1 Å². The number of hydrogen-bond acceptors (Lipinski definition) is 6. The number of ketones is 1. The lowest BCUT2D eigenvalue weighted by molar-refractivity contribution is -0.274. The molecule has 0 bridgehead atoms. The fourth-order valence-electron chi connectivity index (χ4n) is 4.60. The van der Waals surface area contributed by atoms with E-state index in [0.717, 1.165) is 22.6 Å². The van der Waals surface area contributed by atoms with Crippen LogP contribution in [0.15, 0.2) is 66.2 Å². The van der Waals surface area contributed by atoms with Crippen molar-refractivity contribution in [1.82, 2.24) is 0 Å².